The van der Waals surface area contributed by atoms with E-state index in [9.17, 15) is 9.59 Å². The minimum Gasteiger partial charge on any atom is -0.465 e. The van der Waals surface area contributed by atoms with Gasteiger partial charge in [0.25, 0.3) is 0 Å². The predicted octanol–water partition coefficient (Wildman–Crippen LogP) is 5.58. The van der Waals surface area contributed by atoms with Crippen molar-refractivity contribution in [2.75, 3.05) is 50.1 Å². The van der Waals surface area contributed by atoms with E-state index in [-0.39, 0.29) is 12.5 Å². The number of benzene rings is 2. The Hall–Kier alpha value is -2.58. The van der Waals surface area contributed by atoms with Crippen LogP contribution in [0, 0.1) is 6.92 Å². The van der Waals surface area contributed by atoms with Crippen LogP contribution in [0.2, 0.25) is 10.0 Å². The van der Waals surface area contributed by atoms with Gasteiger partial charge in [-0.1, -0.05) is 53.5 Å². The molecule has 1 aliphatic rings. The summed E-state index contributed by atoms with van der Waals surface area (Å²) in [7, 11) is 1.35. The number of thiophene rings is 1. The van der Waals surface area contributed by atoms with Crippen molar-refractivity contribution in [1.29, 1.82) is 0 Å². The highest BCUT2D eigenvalue weighted by Gasteiger charge is 2.26. The number of halogens is 2. The number of ether oxygens (including phenoxy) is 1. The van der Waals surface area contributed by atoms with Gasteiger partial charge in [-0.2, -0.15) is 0 Å². The summed E-state index contributed by atoms with van der Waals surface area (Å²) in [5.74, 6) is -0.622. The molecule has 0 atom stereocenters. The molecular formula is C25H25Cl2N3O3S. The minimum absolute atomic E-state index is 0.158. The first-order valence-electron chi connectivity index (χ1n) is 10.9. The Kier molecular flexibility index (Phi) is 7.78. The zero-order valence-electron chi connectivity index (χ0n) is 18.9. The highest BCUT2D eigenvalue weighted by Crippen LogP contribution is 2.40. The largest absolute Gasteiger partial charge is 0.465 e. The topological polar surface area (TPSA) is 61.9 Å². The van der Waals surface area contributed by atoms with Gasteiger partial charge < -0.3 is 15.0 Å². The van der Waals surface area contributed by atoms with E-state index in [1.54, 1.807) is 6.07 Å². The van der Waals surface area contributed by atoms with Gasteiger partial charge >= 0.3 is 5.97 Å². The first-order chi connectivity index (χ1) is 16.4. The zero-order valence-corrected chi connectivity index (χ0v) is 21.3. The number of aryl methyl sites for hydroxylation is 1. The van der Waals surface area contributed by atoms with Crippen molar-refractivity contribution < 1.29 is 14.3 Å². The van der Waals surface area contributed by atoms with E-state index in [4.69, 9.17) is 27.9 Å². The molecule has 178 valence electrons. The number of methoxy groups -OCH3 is 1. The van der Waals surface area contributed by atoms with Crippen LogP contribution < -0.4 is 10.2 Å². The van der Waals surface area contributed by atoms with Crippen LogP contribution in [-0.2, 0) is 9.53 Å². The summed E-state index contributed by atoms with van der Waals surface area (Å²) in [5.41, 5.74) is 3.12. The second kappa shape index (κ2) is 10.8. The van der Waals surface area contributed by atoms with Crippen molar-refractivity contribution in [1.82, 2.24) is 4.90 Å². The number of piperazine rings is 1. The molecule has 0 radical (unpaired) electrons. The molecule has 6 nitrogen and oxygen atoms in total. The Bertz CT molecular complexity index is 1190. The van der Waals surface area contributed by atoms with Crippen LogP contribution in [0.5, 0.6) is 0 Å². The highest BCUT2D eigenvalue weighted by atomic mass is 35.5. The number of carbonyl (C=O) groups is 2. The van der Waals surface area contributed by atoms with Crippen LogP contribution >= 0.6 is 34.5 Å². The van der Waals surface area contributed by atoms with Crippen molar-refractivity contribution in [2.24, 2.45) is 0 Å². The van der Waals surface area contributed by atoms with Gasteiger partial charge in [0.1, 0.15) is 10.6 Å². The van der Waals surface area contributed by atoms with Gasteiger partial charge in [-0.25, -0.2) is 4.79 Å². The molecule has 3 aromatic rings. The van der Waals surface area contributed by atoms with Crippen LogP contribution in [0.1, 0.15) is 15.2 Å². The average molecular weight is 518 g/mol. The third-order valence-corrected chi connectivity index (χ3v) is 7.56. The summed E-state index contributed by atoms with van der Waals surface area (Å²) >= 11 is 13.6. The SMILES string of the molecule is COC(=O)c1c(NC(=O)CN2CCN(c3ccc(Cl)c(Cl)c3)CC2)sc(C)c1-c1ccccc1. The summed E-state index contributed by atoms with van der Waals surface area (Å²) in [6.45, 7) is 5.20. The molecule has 0 aliphatic carbocycles. The Morgan fingerprint density at radius 2 is 1.74 bits per heavy atom. The van der Waals surface area contributed by atoms with E-state index in [1.807, 2.05) is 49.4 Å². The van der Waals surface area contributed by atoms with Crippen molar-refractivity contribution in [3.63, 3.8) is 0 Å². The molecule has 0 unspecified atom stereocenters. The summed E-state index contributed by atoms with van der Waals surface area (Å²) in [6, 6.07) is 15.3. The number of nitrogens with zero attached hydrogens (tertiary/aromatic N) is 2. The molecule has 2 heterocycles. The highest BCUT2D eigenvalue weighted by molar-refractivity contribution is 7.17. The number of hydrogen-bond donors (Lipinski definition) is 1. The Morgan fingerprint density at radius 3 is 2.38 bits per heavy atom. The number of nitrogens with one attached hydrogen (secondary N) is 1. The van der Waals surface area contributed by atoms with Gasteiger partial charge in [-0.05, 0) is 30.7 Å². The lowest BCUT2D eigenvalue weighted by Gasteiger charge is -2.35. The molecule has 2 aromatic carbocycles. The lowest BCUT2D eigenvalue weighted by molar-refractivity contribution is -0.117. The number of carbonyl (C=O) groups excluding carboxylic acids is 2. The number of anilines is 2. The van der Waals surface area contributed by atoms with Crippen molar-refractivity contribution in [2.45, 2.75) is 6.92 Å². The molecule has 34 heavy (non-hydrogen) atoms. The standard InChI is InChI=1S/C25H25Cl2N3O3S/c1-16-22(17-6-4-3-5-7-17)23(25(32)33-2)24(34-16)28-21(31)15-29-10-12-30(13-11-29)18-8-9-19(26)20(27)14-18/h3-9,14H,10-13,15H2,1-2H3,(H,28,31). The lowest BCUT2D eigenvalue weighted by Crippen LogP contribution is -2.48. The van der Waals surface area contributed by atoms with Crippen molar-refractivity contribution in [3.05, 3.63) is 69.0 Å². The minimum atomic E-state index is -0.464. The predicted molar refractivity (Wildman–Crippen MR) is 140 cm³/mol. The summed E-state index contributed by atoms with van der Waals surface area (Å²) in [4.78, 5) is 30.8. The molecule has 0 spiro atoms. The van der Waals surface area contributed by atoms with Gasteiger partial charge in [0.2, 0.25) is 5.91 Å². The summed E-state index contributed by atoms with van der Waals surface area (Å²) in [5, 5.41) is 4.53. The summed E-state index contributed by atoms with van der Waals surface area (Å²) in [6.07, 6.45) is 0. The van der Waals surface area contributed by atoms with Crippen LogP contribution in [0.3, 0.4) is 0 Å². The van der Waals surface area contributed by atoms with Gasteiger partial charge in [0, 0.05) is 42.3 Å². The van der Waals surface area contributed by atoms with Crippen LogP contribution in [0.25, 0.3) is 11.1 Å². The smallest absolute Gasteiger partial charge is 0.341 e. The fourth-order valence-electron chi connectivity index (χ4n) is 4.10. The molecule has 1 fully saturated rings. The van der Waals surface area contributed by atoms with E-state index in [0.717, 1.165) is 47.9 Å². The molecule has 1 N–H and O–H groups in total. The molecule has 4 rings (SSSR count). The molecule has 1 amide bonds. The molecule has 0 bridgehead atoms. The molecule has 9 heteroatoms. The van der Waals surface area contributed by atoms with E-state index in [0.29, 0.717) is 20.6 Å². The maximum atomic E-state index is 12.9. The van der Waals surface area contributed by atoms with Crippen molar-refractivity contribution >= 4 is 57.1 Å². The van der Waals surface area contributed by atoms with Gasteiger partial charge in [0.05, 0.1) is 23.7 Å². The maximum absolute atomic E-state index is 12.9. The molecular weight excluding hydrogens is 493 g/mol. The third-order valence-electron chi connectivity index (χ3n) is 5.80. The number of hydrogen-bond acceptors (Lipinski definition) is 6. The molecule has 1 aliphatic heterocycles. The van der Waals surface area contributed by atoms with Gasteiger partial charge in [-0.15, -0.1) is 11.3 Å². The van der Waals surface area contributed by atoms with E-state index in [1.165, 1.54) is 18.4 Å². The fourth-order valence-corrected chi connectivity index (χ4v) is 5.47. The summed E-state index contributed by atoms with van der Waals surface area (Å²) < 4.78 is 5.04. The van der Waals surface area contributed by atoms with Crippen LogP contribution in [0.4, 0.5) is 10.7 Å². The lowest BCUT2D eigenvalue weighted by atomic mass is 10.0. The van der Waals surface area contributed by atoms with E-state index >= 15 is 0 Å². The van der Waals surface area contributed by atoms with Crippen LogP contribution in [-0.4, -0.2) is 56.6 Å². The normalized spacial score (nSPS) is 14.2. The number of rotatable bonds is 6. The first-order valence-corrected chi connectivity index (χ1v) is 12.4. The molecule has 1 saturated heterocycles. The number of amides is 1. The van der Waals surface area contributed by atoms with Crippen molar-refractivity contribution in [3.8, 4) is 11.1 Å². The monoisotopic (exact) mass is 517 g/mol. The van der Waals surface area contributed by atoms with Gasteiger partial charge in [0.15, 0.2) is 0 Å². The van der Waals surface area contributed by atoms with E-state index in [2.05, 4.69) is 15.1 Å². The quantitative estimate of drug-likeness (QED) is 0.432. The third kappa shape index (κ3) is 5.39. The Morgan fingerprint density at radius 1 is 1.03 bits per heavy atom. The van der Waals surface area contributed by atoms with Gasteiger partial charge in [-0.3, -0.25) is 9.69 Å². The van der Waals surface area contributed by atoms with E-state index < -0.39 is 5.97 Å². The second-order valence-corrected chi connectivity index (χ2v) is 10.0. The Labute approximate surface area is 213 Å². The maximum Gasteiger partial charge on any atom is 0.341 e. The first kappa shape index (κ1) is 24.5. The average Bonchev–Trinajstić information content (AvgIpc) is 3.16. The number of esters is 1. The molecule has 1 aromatic heterocycles. The molecule has 0 saturated carbocycles. The second-order valence-electron chi connectivity index (χ2n) is 8.00. The zero-order chi connectivity index (χ0) is 24.2. The fraction of sp³-hybridized carbons (Fsp3) is 0.280. The van der Waals surface area contributed by atoms with Crippen LogP contribution in [0.15, 0.2) is 48.5 Å². The Balaban J connectivity index is 1.42.